The Balaban J connectivity index is 1.96. The minimum Gasteiger partial charge on any atom is -0.360 e. The van der Waals surface area contributed by atoms with Gasteiger partial charge in [-0.05, 0) is 23.8 Å². The first-order chi connectivity index (χ1) is 9.24. The number of Topliss-reactive ketones (excluding diaryl/α,β-unsaturated/α-hetero) is 1. The van der Waals surface area contributed by atoms with Crippen molar-refractivity contribution in [2.45, 2.75) is 6.42 Å². The van der Waals surface area contributed by atoms with Gasteiger partial charge < -0.3 is 4.98 Å². The Bertz CT molecular complexity index is 731. The van der Waals surface area contributed by atoms with Crippen LogP contribution in [0.3, 0.4) is 0 Å². The highest BCUT2D eigenvalue weighted by molar-refractivity contribution is 6.31. The Hall–Kier alpha value is -2.06. The van der Waals surface area contributed by atoms with E-state index in [0.717, 1.165) is 16.5 Å². The molecule has 2 aromatic carbocycles. The summed E-state index contributed by atoms with van der Waals surface area (Å²) in [5, 5.41) is 1.52. The third-order valence-electron chi connectivity index (χ3n) is 3.15. The van der Waals surface area contributed by atoms with Gasteiger partial charge >= 0.3 is 0 Å². The lowest BCUT2D eigenvalue weighted by atomic mass is 10.0. The molecule has 0 aliphatic heterocycles. The van der Waals surface area contributed by atoms with Gasteiger partial charge in [-0.3, -0.25) is 4.79 Å². The van der Waals surface area contributed by atoms with E-state index in [9.17, 15) is 4.79 Å². The third-order valence-corrected chi connectivity index (χ3v) is 3.39. The van der Waals surface area contributed by atoms with Gasteiger partial charge in [0.05, 0.1) is 0 Å². The number of ketones is 1. The number of hydrogen-bond donors (Lipinski definition) is 1. The van der Waals surface area contributed by atoms with Crippen molar-refractivity contribution in [1.29, 1.82) is 0 Å². The van der Waals surface area contributed by atoms with Crippen LogP contribution in [0, 0.1) is 0 Å². The fourth-order valence-corrected chi connectivity index (χ4v) is 2.37. The number of hydrogen-bond acceptors (Lipinski definition) is 1. The summed E-state index contributed by atoms with van der Waals surface area (Å²) in [6.45, 7) is 0. The average molecular weight is 270 g/mol. The van der Waals surface area contributed by atoms with Crippen molar-refractivity contribution in [3.05, 3.63) is 70.9 Å². The monoisotopic (exact) mass is 269 g/mol. The molecule has 0 amide bonds. The van der Waals surface area contributed by atoms with Crippen LogP contribution >= 0.6 is 11.6 Å². The number of H-pyrrole nitrogens is 1. The van der Waals surface area contributed by atoms with Crippen LogP contribution in [-0.2, 0) is 6.42 Å². The summed E-state index contributed by atoms with van der Waals surface area (Å²) < 4.78 is 0. The van der Waals surface area contributed by atoms with E-state index in [1.807, 2.05) is 48.5 Å². The van der Waals surface area contributed by atoms with Crippen LogP contribution in [0.2, 0.25) is 5.02 Å². The van der Waals surface area contributed by atoms with Crippen LogP contribution in [0.25, 0.3) is 10.9 Å². The number of halogens is 1. The number of nitrogens with one attached hydrogen (secondary N) is 1. The summed E-state index contributed by atoms with van der Waals surface area (Å²) in [5.74, 6) is 0.0970. The number of benzene rings is 2. The molecule has 0 atom stereocenters. The van der Waals surface area contributed by atoms with Crippen molar-refractivity contribution in [3.8, 4) is 0 Å². The Morgan fingerprint density at radius 2 is 1.89 bits per heavy atom. The lowest BCUT2D eigenvalue weighted by Crippen LogP contribution is -2.02. The number of rotatable bonds is 3. The highest BCUT2D eigenvalue weighted by Gasteiger charge is 2.12. The molecule has 0 fully saturated rings. The molecular formula is C16H12ClNO. The zero-order chi connectivity index (χ0) is 13.2. The van der Waals surface area contributed by atoms with Gasteiger partial charge in [0.15, 0.2) is 5.78 Å². The van der Waals surface area contributed by atoms with Crippen LogP contribution in [-0.4, -0.2) is 10.8 Å². The van der Waals surface area contributed by atoms with Crippen molar-refractivity contribution >= 4 is 28.3 Å². The average Bonchev–Trinajstić information content (AvgIpc) is 2.82. The first-order valence-corrected chi connectivity index (χ1v) is 6.45. The zero-order valence-corrected chi connectivity index (χ0v) is 10.9. The second kappa shape index (κ2) is 4.90. The molecule has 3 rings (SSSR count). The first kappa shape index (κ1) is 12.0. The molecule has 19 heavy (non-hydrogen) atoms. The maximum Gasteiger partial charge on any atom is 0.169 e. The summed E-state index contributed by atoms with van der Waals surface area (Å²) >= 11 is 5.99. The van der Waals surface area contributed by atoms with E-state index < -0.39 is 0 Å². The normalized spacial score (nSPS) is 10.8. The molecule has 0 unspecified atom stereocenters. The Labute approximate surface area is 116 Å². The molecule has 0 aliphatic carbocycles. The molecule has 0 bridgehead atoms. The van der Waals surface area contributed by atoms with E-state index in [0.29, 0.717) is 17.0 Å². The molecule has 2 nitrogen and oxygen atoms in total. The van der Waals surface area contributed by atoms with Gasteiger partial charge in [0.25, 0.3) is 0 Å². The highest BCUT2D eigenvalue weighted by Crippen LogP contribution is 2.23. The van der Waals surface area contributed by atoms with Crippen molar-refractivity contribution in [1.82, 2.24) is 4.98 Å². The number of fused-ring (bicyclic) bond motifs is 1. The SMILES string of the molecule is O=C(Cc1ccccc1)c1c[nH]c2ccc(Cl)cc12. The van der Waals surface area contributed by atoms with E-state index in [1.165, 1.54) is 0 Å². The fraction of sp³-hybridized carbons (Fsp3) is 0.0625. The highest BCUT2D eigenvalue weighted by atomic mass is 35.5. The first-order valence-electron chi connectivity index (χ1n) is 6.08. The number of aromatic amines is 1. The Kier molecular flexibility index (Phi) is 3.10. The summed E-state index contributed by atoms with van der Waals surface area (Å²) in [7, 11) is 0. The largest absolute Gasteiger partial charge is 0.360 e. The van der Waals surface area contributed by atoms with Crippen LogP contribution in [0.4, 0.5) is 0 Å². The van der Waals surface area contributed by atoms with Crippen LogP contribution < -0.4 is 0 Å². The van der Waals surface area contributed by atoms with Gasteiger partial charge in [0.2, 0.25) is 0 Å². The summed E-state index contributed by atoms with van der Waals surface area (Å²) in [6.07, 6.45) is 2.16. The van der Waals surface area contributed by atoms with Crippen molar-refractivity contribution in [3.63, 3.8) is 0 Å². The molecule has 0 aliphatic rings. The predicted molar refractivity (Wildman–Crippen MR) is 77.8 cm³/mol. The van der Waals surface area contributed by atoms with Crippen LogP contribution in [0.15, 0.2) is 54.7 Å². The van der Waals surface area contributed by atoms with Crippen LogP contribution in [0.1, 0.15) is 15.9 Å². The maximum atomic E-state index is 12.3. The lowest BCUT2D eigenvalue weighted by Gasteiger charge is -2.00. The van der Waals surface area contributed by atoms with Gasteiger partial charge in [-0.2, -0.15) is 0 Å². The van der Waals surface area contributed by atoms with Gasteiger partial charge in [0.1, 0.15) is 0 Å². The van der Waals surface area contributed by atoms with E-state index in [-0.39, 0.29) is 5.78 Å². The van der Waals surface area contributed by atoms with Crippen LogP contribution in [0.5, 0.6) is 0 Å². The lowest BCUT2D eigenvalue weighted by molar-refractivity contribution is 0.0994. The van der Waals surface area contributed by atoms with E-state index in [1.54, 1.807) is 6.20 Å². The molecule has 3 aromatic rings. The summed E-state index contributed by atoms with van der Waals surface area (Å²) in [6, 6.07) is 15.3. The quantitative estimate of drug-likeness (QED) is 0.709. The molecule has 1 heterocycles. The molecule has 0 saturated carbocycles. The second-order valence-corrected chi connectivity index (χ2v) is 4.91. The molecule has 1 N–H and O–H groups in total. The summed E-state index contributed by atoms with van der Waals surface area (Å²) in [4.78, 5) is 15.4. The number of carbonyl (C=O) groups is 1. The minimum absolute atomic E-state index is 0.0970. The second-order valence-electron chi connectivity index (χ2n) is 4.48. The van der Waals surface area contributed by atoms with Crippen molar-refractivity contribution in [2.24, 2.45) is 0 Å². The van der Waals surface area contributed by atoms with Gasteiger partial charge in [-0.1, -0.05) is 41.9 Å². The van der Waals surface area contributed by atoms with E-state index in [2.05, 4.69) is 4.98 Å². The fourth-order valence-electron chi connectivity index (χ4n) is 2.20. The predicted octanol–water partition coefficient (Wildman–Crippen LogP) is 4.25. The van der Waals surface area contributed by atoms with Gasteiger partial charge in [0, 0.05) is 34.1 Å². The molecule has 94 valence electrons. The Morgan fingerprint density at radius 1 is 1.11 bits per heavy atom. The molecule has 0 saturated heterocycles. The molecule has 0 spiro atoms. The maximum absolute atomic E-state index is 12.3. The van der Waals surface area contributed by atoms with E-state index in [4.69, 9.17) is 11.6 Å². The zero-order valence-electron chi connectivity index (χ0n) is 10.2. The smallest absolute Gasteiger partial charge is 0.169 e. The van der Waals surface area contributed by atoms with Gasteiger partial charge in [-0.25, -0.2) is 0 Å². The standard InChI is InChI=1S/C16H12ClNO/c17-12-6-7-15-13(9-12)14(10-18-15)16(19)8-11-4-2-1-3-5-11/h1-7,9-10,18H,8H2. The summed E-state index contributed by atoms with van der Waals surface area (Å²) in [5.41, 5.74) is 2.64. The topological polar surface area (TPSA) is 32.9 Å². The molecule has 1 aromatic heterocycles. The Morgan fingerprint density at radius 3 is 2.68 bits per heavy atom. The molecule has 0 radical (unpaired) electrons. The minimum atomic E-state index is 0.0970. The third kappa shape index (κ3) is 2.40. The van der Waals surface area contributed by atoms with Crippen molar-refractivity contribution < 1.29 is 4.79 Å². The van der Waals surface area contributed by atoms with Gasteiger partial charge in [-0.15, -0.1) is 0 Å². The molecular weight excluding hydrogens is 258 g/mol. The number of carbonyl (C=O) groups excluding carboxylic acids is 1. The van der Waals surface area contributed by atoms with E-state index >= 15 is 0 Å². The van der Waals surface area contributed by atoms with Crippen molar-refractivity contribution in [2.75, 3.05) is 0 Å². The number of aromatic nitrogens is 1. The molecule has 3 heteroatoms.